The Balaban J connectivity index is 0.00000320. The van der Waals surface area contributed by atoms with Crippen LogP contribution in [-0.2, 0) is 10.2 Å². The fraction of sp³-hybridized carbons (Fsp3) is 0.708. The average Bonchev–Trinajstić information content (AvgIpc) is 2.74. The van der Waals surface area contributed by atoms with Crippen molar-refractivity contribution in [3.8, 4) is 0 Å². The molecule has 2 saturated heterocycles. The lowest BCUT2D eigenvalue weighted by atomic mass is 9.68. The van der Waals surface area contributed by atoms with Gasteiger partial charge in [0.1, 0.15) is 5.78 Å². The molecule has 0 unspecified atom stereocenters. The van der Waals surface area contributed by atoms with Crippen molar-refractivity contribution >= 4 is 54.6 Å². The predicted octanol–water partition coefficient (Wildman–Crippen LogP) is 5.34. The van der Waals surface area contributed by atoms with Crippen LogP contribution in [0.15, 0.2) is 24.3 Å². The first-order chi connectivity index (χ1) is 14.0. The van der Waals surface area contributed by atoms with Gasteiger partial charge in [0.2, 0.25) is 0 Å². The molecule has 0 radical (unpaired) electrons. The van der Waals surface area contributed by atoms with E-state index >= 15 is 0 Å². The van der Waals surface area contributed by atoms with Crippen molar-refractivity contribution in [1.82, 2.24) is 14.7 Å². The van der Waals surface area contributed by atoms with E-state index in [2.05, 4.69) is 34.7 Å². The molecule has 0 spiro atoms. The van der Waals surface area contributed by atoms with E-state index in [1.54, 1.807) is 0 Å². The van der Waals surface area contributed by atoms with E-state index in [1.807, 2.05) is 18.2 Å². The van der Waals surface area contributed by atoms with Crippen LogP contribution in [0.25, 0.3) is 0 Å². The standard InChI is InChI=1S/C24H38ClN3O.3ClH/c1-3-4-9-23(29)24(21-7-5-8-22(25)20-21)10-14-27(15-11-24)12-6-13-28-18-16-26(2)17-19-28;;;/h5,7-8,20H,3-4,6,9-19H2,1-2H3;3*1H. The van der Waals surface area contributed by atoms with Crippen molar-refractivity contribution in [2.45, 2.75) is 50.9 Å². The molecule has 4 nitrogen and oxygen atoms in total. The maximum Gasteiger partial charge on any atom is 0.143 e. The second-order valence-electron chi connectivity index (χ2n) is 8.96. The first kappa shape index (κ1) is 31.9. The lowest BCUT2D eigenvalue weighted by Gasteiger charge is -2.41. The second kappa shape index (κ2) is 15.8. The Morgan fingerprint density at radius 3 is 2.09 bits per heavy atom. The normalized spacial score (nSPS) is 19.3. The number of unbranched alkanes of at least 4 members (excludes halogenated alkanes) is 1. The van der Waals surface area contributed by atoms with Crippen molar-refractivity contribution in [3.63, 3.8) is 0 Å². The number of ketones is 1. The van der Waals surface area contributed by atoms with Crippen LogP contribution in [0.3, 0.4) is 0 Å². The highest BCUT2D eigenvalue weighted by molar-refractivity contribution is 6.30. The first-order valence-electron chi connectivity index (χ1n) is 11.5. The zero-order chi connectivity index (χ0) is 20.7. The number of hydrogen-bond donors (Lipinski definition) is 0. The Bertz CT molecular complexity index is 660. The second-order valence-corrected chi connectivity index (χ2v) is 9.40. The molecule has 186 valence electrons. The van der Waals surface area contributed by atoms with Crippen molar-refractivity contribution in [1.29, 1.82) is 0 Å². The lowest BCUT2D eigenvalue weighted by molar-refractivity contribution is -0.126. The molecule has 3 rings (SSSR count). The third-order valence-corrected chi connectivity index (χ3v) is 7.16. The maximum atomic E-state index is 13.3. The molecule has 0 aliphatic carbocycles. The first-order valence-corrected chi connectivity index (χ1v) is 11.8. The molecule has 0 aromatic heterocycles. The van der Waals surface area contributed by atoms with Gasteiger partial charge in [-0.2, -0.15) is 0 Å². The van der Waals surface area contributed by atoms with Crippen LogP contribution in [-0.4, -0.2) is 79.9 Å². The summed E-state index contributed by atoms with van der Waals surface area (Å²) in [5, 5.41) is 0.736. The molecule has 0 atom stereocenters. The molecule has 2 aliphatic rings. The van der Waals surface area contributed by atoms with E-state index < -0.39 is 0 Å². The molecule has 32 heavy (non-hydrogen) atoms. The molecule has 2 aliphatic heterocycles. The summed E-state index contributed by atoms with van der Waals surface area (Å²) in [6.45, 7) is 11.3. The van der Waals surface area contributed by atoms with Crippen LogP contribution in [0.5, 0.6) is 0 Å². The SMILES string of the molecule is CCCCC(=O)C1(c2cccc(Cl)c2)CCN(CCCN2CCN(C)CC2)CC1.Cl.Cl.Cl. The number of benzene rings is 1. The molecule has 0 N–H and O–H groups in total. The number of halogens is 4. The number of likely N-dealkylation sites (N-methyl/N-ethyl adjacent to an activating group) is 1. The quantitative estimate of drug-likeness (QED) is 0.432. The summed E-state index contributed by atoms with van der Waals surface area (Å²) < 4.78 is 0. The summed E-state index contributed by atoms with van der Waals surface area (Å²) in [4.78, 5) is 20.8. The van der Waals surface area contributed by atoms with Gasteiger partial charge in [-0.15, -0.1) is 37.2 Å². The summed E-state index contributed by atoms with van der Waals surface area (Å²) in [6, 6.07) is 8.03. The third-order valence-electron chi connectivity index (χ3n) is 6.92. The lowest BCUT2D eigenvalue weighted by Crippen LogP contribution is -2.48. The summed E-state index contributed by atoms with van der Waals surface area (Å²) in [6.07, 6.45) is 5.80. The summed E-state index contributed by atoms with van der Waals surface area (Å²) in [5.41, 5.74) is 0.789. The van der Waals surface area contributed by atoms with E-state index in [9.17, 15) is 4.79 Å². The fourth-order valence-corrected chi connectivity index (χ4v) is 5.03. The molecule has 1 aromatic carbocycles. The van der Waals surface area contributed by atoms with Crippen LogP contribution < -0.4 is 0 Å². The van der Waals surface area contributed by atoms with Crippen LogP contribution in [0.4, 0.5) is 0 Å². The van der Waals surface area contributed by atoms with Gasteiger partial charge in [0.25, 0.3) is 0 Å². The van der Waals surface area contributed by atoms with Crippen LogP contribution >= 0.6 is 48.8 Å². The number of piperidine rings is 1. The monoisotopic (exact) mass is 527 g/mol. The zero-order valence-electron chi connectivity index (χ0n) is 19.6. The minimum absolute atomic E-state index is 0. The topological polar surface area (TPSA) is 26.8 Å². The van der Waals surface area contributed by atoms with Gasteiger partial charge in [-0.1, -0.05) is 37.1 Å². The van der Waals surface area contributed by atoms with E-state index in [0.717, 1.165) is 55.9 Å². The van der Waals surface area contributed by atoms with Gasteiger partial charge < -0.3 is 14.7 Å². The molecule has 0 saturated carbocycles. The number of Topliss-reactive ketones (excluding diaryl/α,β-unsaturated/α-hetero) is 1. The van der Waals surface area contributed by atoms with Gasteiger partial charge in [0.15, 0.2) is 0 Å². The van der Waals surface area contributed by atoms with Crippen molar-refractivity contribution < 1.29 is 4.79 Å². The number of hydrogen-bond acceptors (Lipinski definition) is 4. The van der Waals surface area contributed by atoms with E-state index in [1.165, 1.54) is 39.1 Å². The van der Waals surface area contributed by atoms with Gasteiger partial charge in [-0.25, -0.2) is 0 Å². The smallest absolute Gasteiger partial charge is 0.143 e. The summed E-state index contributed by atoms with van der Waals surface area (Å²) in [5.74, 6) is 0.415. The van der Waals surface area contributed by atoms with Gasteiger partial charge in [0, 0.05) is 37.6 Å². The average molecular weight is 529 g/mol. The van der Waals surface area contributed by atoms with Crippen molar-refractivity contribution in [2.75, 3.05) is 59.4 Å². The highest BCUT2D eigenvalue weighted by Crippen LogP contribution is 2.38. The Labute approximate surface area is 218 Å². The number of carbonyl (C=O) groups is 1. The van der Waals surface area contributed by atoms with E-state index in [-0.39, 0.29) is 42.6 Å². The fourth-order valence-electron chi connectivity index (χ4n) is 4.84. The molecule has 0 bridgehead atoms. The Morgan fingerprint density at radius 2 is 1.53 bits per heavy atom. The molecular weight excluding hydrogens is 488 g/mol. The molecule has 2 heterocycles. The van der Waals surface area contributed by atoms with Gasteiger partial charge in [-0.05, 0) is 76.6 Å². The zero-order valence-corrected chi connectivity index (χ0v) is 22.8. The van der Waals surface area contributed by atoms with Crippen molar-refractivity contribution in [2.24, 2.45) is 0 Å². The Kier molecular flexibility index (Phi) is 15.7. The summed E-state index contributed by atoms with van der Waals surface area (Å²) >= 11 is 6.29. The molecule has 1 aromatic rings. The summed E-state index contributed by atoms with van der Waals surface area (Å²) in [7, 11) is 2.21. The molecule has 8 heteroatoms. The molecule has 2 fully saturated rings. The number of nitrogens with zero attached hydrogens (tertiary/aromatic N) is 3. The number of carbonyl (C=O) groups excluding carboxylic acids is 1. The Morgan fingerprint density at radius 1 is 0.938 bits per heavy atom. The van der Waals surface area contributed by atoms with Crippen LogP contribution in [0.2, 0.25) is 5.02 Å². The molecule has 0 amide bonds. The minimum atomic E-state index is -0.339. The highest BCUT2D eigenvalue weighted by atomic mass is 35.5. The van der Waals surface area contributed by atoms with E-state index in [4.69, 9.17) is 11.6 Å². The van der Waals surface area contributed by atoms with Crippen LogP contribution in [0.1, 0.15) is 51.0 Å². The minimum Gasteiger partial charge on any atom is -0.304 e. The molecular formula is C24H41Cl4N3O. The number of piperazine rings is 1. The van der Waals surface area contributed by atoms with Crippen LogP contribution in [0, 0.1) is 0 Å². The third kappa shape index (κ3) is 8.61. The number of rotatable bonds is 9. The Hall–Kier alpha value is -0.0700. The largest absolute Gasteiger partial charge is 0.304 e. The van der Waals surface area contributed by atoms with E-state index in [0.29, 0.717) is 12.2 Å². The number of likely N-dealkylation sites (tertiary alicyclic amines) is 1. The van der Waals surface area contributed by atoms with Gasteiger partial charge in [0.05, 0.1) is 5.41 Å². The van der Waals surface area contributed by atoms with Crippen molar-refractivity contribution in [3.05, 3.63) is 34.9 Å². The maximum absolute atomic E-state index is 13.3. The van der Waals surface area contributed by atoms with Gasteiger partial charge >= 0.3 is 0 Å². The highest BCUT2D eigenvalue weighted by Gasteiger charge is 2.41. The van der Waals surface area contributed by atoms with Gasteiger partial charge in [-0.3, -0.25) is 4.79 Å². The predicted molar refractivity (Wildman–Crippen MR) is 144 cm³/mol.